The molecule has 0 bridgehead atoms. The van der Waals surface area contributed by atoms with Crippen molar-refractivity contribution in [3.8, 4) is 0 Å². The van der Waals surface area contributed by atoms with E-state index in [2.05, 4.69) is 61.5 Å². The first-order chi connectivity index (χ1) is 12.8. The minimum Gasteiger partial charge on any atom is -0.376 e. The SMILES string of the molecule is CO[C@H]1C[C@H]([C@@H](C)COCc2ccccc2)[C@H](CCc2ccccc2)O1. The minimum atomic E-state index is -0.0858. The Morgan fingerprint density at radius 1 is 1.00 bits per heavy atom. The van der Waals surface area contributed by atoms with Crippen molar-refractivity contribution in [1.82, 2.24) is 0 Å². The van der Waals surface area contributed by atoms with Crippen LogP contribution in [0.1, 0.15) is 30.9 Å². The number of hydrogen-bond donors (Lipinski definition) is 0. The van der Waals surface area contributed by atoms with E-state index in [0.29, 0.717) is 18.4 Å². The van der Waals surface area contributed by atoms with E-state index < -0.39 is 0 Å². The van der Waals surface area contributed by atoms with Gasteiger partial charge in [-0.1, -0.05) is 67.6 Å². The van der Waals surface area contributed by atoms with Gasteiger partial charge >= 0.3 is 0 Å². The van der Waals surface area contributed by atoms with Crippen molar-refractivity contribution in [3.05, 3.63) is 71.8 Å². The summed E-state index contributed by atoms with van der Waals surface area (Å²) in [5.41, 5.74) is 2.58. The molecule has 1 saturated heterocycles. The Labute approximate surface area is 157 Å². The summed E-state index contributed by atoms with van der Waals surface area (Å²) in [5, 5.41) is 0. The molecule has 0 radical (unpaired) electrons. The number of rotatable bonds is 9. The highest BCUT2D eigenvalue weighted by Crippen LogP contribution is 2.35. The molecule has 0 spiro atoms. The lowest BCUT2D eigenvalue weighted by Gasteiger charge is -2.24. The molecule has 4 atom stereocenters. The molecule has 0 amide bonds. The van der Waals surface area contributed by atoms with Crippen LogP contribution >= 0.6 is 0 Å². The highest BCUT2D eigenvalue weighted by molar-refractivity contribution is 5.15. The topological polar surface area (TPSA) is 27.7 Å². The van der Waals surface area contributed by atoms with Gasteiger partial charge in [-0.2, -0.15) is 0 Å². The van der Waals surface area contributed by atoms with Gasteiger partial charge in [0.25, 0.3) is 0 Å². The van der Waals surface area contributed by atoms with E-state index in [-0.39, 0.29) is 12.4 Å². The fourth-order valence-electron chi connectivity index (χ4n) is 3.77. The predicted octanol–water partition coefficient (Wildman–Crippen LogP) is 4.85. The third kappa shape index (κ3) is 5.41. The second kappa shape index (κ2) is 9.86. The van der Waals surface area contributed by atoms with Gasteiger partial charge in [-0.05, 0) is 35.8 Å². The molecule has 26 heavy (non-hydrogen) atoms. The molecule has 140 valence electrons. The van der Waals surface area contributed by atoms with Gasteiger partial charge in [-0.15, -0.1) is 0 Å². The smallest absolute Gasteiger partial charge is 0.157 e. The summed E-state index contributed by atoms with van der Waals surface area (Å²) in [4.78, 5) is 0. The molecule has 0 aromatic heterocycles. The largest absolute Gasteiger partial charge is 0.376 e. The first-order valence-electron chi connectivity index (χ1n) is 9.60. The summed E-state index contributed by atoms with van der Waals surface area (Å²) < 4.78 is 17.6. The van der Waals surface area contributed by atoms with Gasteiger partial charge in [0.2, 0.25) is 0 Å². The van der Waals surface area contributed by atoms with E-state index in [0.717, 1.165) is 25.9 Å². The van der Waals surface area contributed by atoms with Gasteiger partial charge in [-0.25, -0.2) is 0 Å². The number of methoxy groups -OCH3 is 1. The summed E-state index contributed by atoms with van der Waals surface area (Å²) in [5.74, 6) is 0.916. The van der Waals surface area contributed by atoms with Gasteiger partial charge in [0.15, 0.2) is 6.29 Å². The Balaban J connectivity index is 1.51. The molecular weight excluding hydrogens is 324 g/mol. The fraction of sp³-hybridized carbons (Fsp3) is 0.478. The molecule has 0 unspecified atom stereocenters. The number of benzene rings is 2. The van der Waals surface area contributed by atoms with E-state index in [4.69, 9.17) is 14.2 Å². The lowest BCUT2D eigenvalue weighted by atomic mass is 9.86. The monoisotopic (exact) mass is 354 g/mol. The van der Waals surface area contributed by atoms with Crippen molar-refractivity contribution in [2.24, 2.45) is 11.8 Å². The van der Waals surface area contributed by atoms with Gasteiger partial charge in [0.05, 0.1) is 12.7 Å². The normalized spacial score (nSPS) is 23.8. The lowest BCUT2D eigenvalue weighted by Crippen LogP contribution is -2.26. The maximum atomic E-state index is 6.15. The summed E-state index contributed by atoms with van der Waals surface area (Å²) in [7, 11) is 1.73. The first kappa shape index (κ1) is 19.1. The Morgan fingerprint density at radius 2 is 1.65 bits per heavy atom. The predicted molar refractivity (Wildman–Crippen MR) is 104 cm³/mol. The molecule has 0 N–H and O–H groups in total. The van der Waals surface area contributed by atoms with E-state index in [1.54, 1.807) is 7.11 Å². The molecule has 1 heterocycles. The highest BCUT2D eigenvalue weighted by Gasteiger charge is 2.38. The fourth-order valence-corrected chi connectivity index (χ4v) is 3.77. The minimum absolute atomic E-state index is 0.0858. The third-order valence-electron chi connectivity index (χ3n) is 5.32. The van der Waals surface area contributed by atoms with Crippen molar-refractivity contribution in [3.63, 3.8) is 0 Å². The molecule has 3 nitrogen and oxygen atoms in total. The first-order valence-corrected chi connectivity index (χ1v) is 9.60. The van der Waals surface area contributed by atoms with E-state index >= 15 is 0 Å². The summed E-state index contributed by atoms with van der Waals surface area (Å²) >= 11 is 0. The van der Waals surface area contributed by atoms with Crippen LogP contribution in [0.3, 0.4) is 0 Å². The van der Waals surface area contributed by atoms with Crippen molar-refractivity contribution in [2.45, 2.75) is 45.2 Å². The van der Waals surface area contributed by atoms with Gasteiger partial charge < -0.3 is 14.2 Å². The Bertz CT molecular complexity index is 628. The Hall–Kier alpha value is -1.68. The molecule has 1 aliphatic heterocycles. The van der Waals surface area contributed by atoms with Gasteiger partial charge in [-0.3, -0.25) is 0 Å². The zero-order chi connectivity index (χ0) is 18.2. The number of aryl methyl sites for hydroxylation is 1. The highest BCUT2D eigenvalue weighted by atomic mass is 16.7. The number of ether oxygens (including phenoxy) is 3. The van der Waals surface area contributed by atoms with Crippen LogP contribution in [-0.2, 0) is 27.2 Å². The van der Waals surface area contributed by atoms with E-state index in [1.165, 1.54) is 11.1 Å². The quantitative estimate of drug-likeness (QED) is 0.644. The summed E-state index contributed by atoms with van der Waals surface area (Å²) in [6.45, 7) is 3.69. The molecule has 1 fully saturated rings. The van der Waals surface area contributed by atoms with Crippen molar-refractivity contribution >= 4 is 0 Å². The van der Waals surface area contributed by atoms with Crippen molar-refractivity contribution in [2.75, 3.05) is 13.7 Å². The average Bonchev–Trinajstić information content (AvgIpc) is 3.11. The molecule has 2 aromatic carbocycles. The standard InChI is InChI=1S/C23H30O3/c1-18(16-25-17-20-11-7-4-8-12-20)21-15-23(24-2)26-22(21)14-13-19-9-5-3-6-10-19/h3-12,18,21-23H,13-17H2,1-2H3/t18-,21+,22-,23+/m0/s1. The summed E-state index contributed by atoms with van der Waals surface area (Å²) in [6, 6.07) is 21.0. The van der Waals surface area contributed by atoms with Crippen LogP contribution in [0.25, 0.3) is 0 Å². The molecule has 2 aromatic rings. The molecular formula is C23H30O3. The van der Waals surface area contributed by atoms with Crippen molar-refractivity contribution in [1.29, 1.82) is 0 Å². The van der Waals surface area contributed by atoms with Crippen LogP contribution in [-0.4, -0.2) is 26.1 Å². The van der Waals surface area contributed by atoms with Crippen LogP contribution in [0.15, 0.2) is 60.7 Å². The molecule has 0 aliphatic carbocycles. The van der Waals surface area contributed by atoms with Crippen LogP contribution in [0.2, 0.25) is 0 Å². The zero-order valence-corrected chi connectivity index (χ0v) is 15.8. The van der Waals surface area contributed by atoms with Crippen LogP contribution < -0.4 is 0 Å². The van der Waals surface area contributed by atoms with Crippen LogP contribution in [0.5, 0.6) is 0 Å². The van der Waals surface area contributed by atoms with Crippen LogP contribution in [0, 0.1) is 11.8 Å². The van der Waals surface area contributed by atoms with Crippen LogP contribution in [0.4, 0.5) is 0 Å². The molecule has 1 aliphatic rings. The maximum absolute atomic E-state index is 6.15. The molecule has 3 heteroatoms. The van der Waals surface area contributed by atoms with E-state index in [1.807, 2.05) is 6.07 Å². The average molecular weight is 354 g/mol. The summed E-state index contributed by atoms with van der Waals surface area (Å²) in [6.07, 6.45) is 3.16. The molecule has 0 saturated carbocycles. The second-order valence-electron chi connectivity index (χ2n) is 7.24. The number of hydrogen-bond acceptors (Lipinski definition) is 3. The maximum Gasteiger partial charge on any atom is 0.157 e. The second-order valence-corrected chi connectivity index (χ2v) is 7.24. The Kier molecular flexibility index (Phi) is 7.24. The van der Waals surface area contributed by atoms with Crippen molar-refractivity contribution < 1.29 is 14.2 Å². The third-order valence-corrected chi connectivity index (χ3v) is 5.32. The van der Waals surface area contributed by atoms with Gasteiger partial charge in [0.1, 0.15) is 0 Å². The Morgan fingerprint density at radius 3 is 2.31 bits per heavy atom. The zero-order valence-electron chi connectivity index (χ0n) is 15.8. The van der Waals surface area contributed by atoms with E-state index in [9.17, 15) is 0 Å². The lowest BCUT2D eigenvalue weighted by molar-refractivity contribution is -0.118. The molecule has 3 rings (SSSR count). The van der Waals surface area contributed by atoms with Gasteiger partial charge in [0, 0.05) is 20.1 Å².